The maximum Gasteiger partial charge on any atom is 0.261 e. The molecule has 0 heterocycles. The predicted octanol–water partition coefficient (Wildman–Crippen LogP) is 3.16. The summed E-state index contributed by atoms with van der Waals surface area (Å²) in [5.41, 5.74) is 0.834. The summed E-state index contributed by atoms with van der Waals surface area (Å²) in [4.78, 5) is 26.7. The molecule has 2 aromatic rings. The zero-order valence-corrected chi connectivity index (χ0v) is 17.0. The van der Waals surface area contributed by atoms with Gasteiger partial charge in [0.1, 0.15) is 11.8 Å². The van der Waals surface area contributed by atoms with Gasteiger partial charge in [-0.2, -0.15) is 0 Å². The maximum absolute atomic E-state index is 13.8. The molecule has 0 bridgehead atoms. The van der Waals surface area contributed by atoms with Crippen LogP contribution in [0.1, 0.15) is 25.8 Å². The van der Waals surface area contributed by atoms with Gasteiger partial charge in [0.05, 0.1) is 7.11 Å². The fourth-order valence-electron chi connectivity index (χ4n) is 2.69. The van der Waals surface area contributed by atoms with Crippen LogP contribution in [0.3, 0.4) is 0 Å². The van der Waals surface area contributed by atoms with Gasteiger partial charge in [-0.1, -0.05) is 31.2 Å². The van der Waals surface area contributed by atoms with E-state index in [2.05, 4.69) is 5.32 Å². The van der Waals surface area contributed by atoms with Gasteiger partial charge in [-0.05, 0) is 43.2 Å². The highest BCUT2D eigenvalue weighted by Gasteiger charge is 2.26. The van der Waals surface area contributed by atoms with E-state index >= 15 is 0 Å². The fraction of sp³-hybridized carbons (Fsp3) is 0.364. The number of nitrogens with zero attached hydrogens (tertiary/aromatic N) is 1. The van der Waals surface area contributed by atoms with Gasteiger partial charge in [0, 0.05) is 13.1 Å². The minimum absolute atomic E-state index is 0.00617. The van der Waals surface area contributed by atoms with Crippen LogP contribution in [0.2, 0.25) is 0 Å². The molecule has 0 fully saturated rings. The van der Waals surface area contributed by atoms with Gasteiger partial charge in [0.25, 0.3) is 5.91 Å². The van der Waals surface area contributed by atoms with E-state index < -0.39 is 17.8 Å². The number of rotatable bonds is 10. The molecule has 2 aromatic carbocycles. The molecule has 29 heavy (non-hydrogen) atoms. The number of carbonyl (C=O) groups is 2. The fourth-order valence-corrected chi connectivity index (χ4v) is 2.69. The second-order valence-electron chi connectivity index (χ2n) is 6.56. The number of halogens is 1. The molecule has 1 N–H and O–H groups in total. The molecule has 2 rings (SSSR count). The van der Waals surface area contributed by atoms with Crippen LogP contribution in [0.4, 0.5) is 4.39 Å². The third kappa shape index (κ3) is 6.48. The van der Waals surface area contributed by atoms with Crippen LogP contribution in [0, 0.1) is 5.82 Å². The summed E-state index contributed by atoms with van der Waals surface area (Å²) >= 11 is 0. The summed E-state index contributed by atoms with van der Waals surface area (Å²) in [6.07, 6.45) is 0.793. The SMILES string of the molecule is CCCNC(=O)C(C)N(Cc1ccc(OC)cc1)C(=O)COc1ccccc1F. The minimum atomic E-state index is -0.708. The van der Waals surface area contributed by atoms with Crippen LogP contribution in [0.15, 0.2) is 48.5 Å². The van der Waals surface area contributed by atoms with Crippen molar-refractivity contribution in [3.05, 3.63) is 59.9 Å². The van der Waals surface area contributed by atoms with Gasteiger partial charge in [0.15, 0.2) is 18.2 Å². The number of ether oxygens (including phenoxy) is 2. The van der Waals surface area contributed by atoms with Crippen LogP contribution in [-0.4, -0.2) is 43.0 Å². The van der Waals surface area contributed by atoms with Crippen molar-refractivity contribution in [1.29, 1.82) is 0 Å². The van der Waals surface area contributed by atoms with Crippen LogP contribution < -0.4 is 14.8 Å². The second-order valence-corrected chi connectivity index (χ2v) is 6.56. The van der Waals surface area contributed by atoms with Gasteiger partial charge in [-0.3, -0.25) is 9.59 Å². The molecule has 0 saturated carbocycles. The normalized spacial score (nSPS) is 11.4. The lowest BCUT2D eigenvalue weighted by atomic mass is 10.1. The maximum atomic E-state index is 13.8. The molecule has 0 saturated heterocycles. The second kappa shape index (κ2) is 11.0. The summed E-state index contributed by atoms with van der Waals surface area (Å²) in [5, 5.41) is 2.80. The average Bonchev–Trinajstić information content (AvgIpc) is 2.75. The van der Waals surface area contributed by atoms with Crippen molar-refractivity contribution in [3.8, 4) is 11.5 Å². The third-order valence-electron chi connectivity index (χ3n) is 4.42. The minimum Gasteiger partial charge on any atom is -0.497 e. The lowest BCUT2D eigenvalue weighted by molar-refractivity contribution is -0.142. The van der Waals surface area contributed by atoms with E-state index in [0.29, 0.717) is 12.3 Å². The molecule has 0 aliphatic heterocycles. The number of methoxy groups -OCH3 is 1. The smallest absolute Gasteiger partial charge is 0.261 e. The Morgan fingerprint density at radius 3 is 2.45 bits per heavy atom. The largest absolute Gasteiger partial charge is 0.497 e. The molecule has 0 aromatic heterocycles. The monoisotopic (exact) mass is 402 g/mol. The van der Waals surface area contributed by atoms with Crippen LogP contribution >= 0.6 is 0 Å². The summed E-state index contributed by atoms with van der Waals surface area (Å²) in [5.74, 6) is -0.518. The van der Waals surface area contributed by atoms with E-state index in [1.54, 1.807) is 38.3 Å². The van der Waals surface area contributed by atoms with Gasteiger partial charge in [-0.25, -0.2) is 4.39 Å². The molecule has 1 unspecified atom stereocenters. The highest BCUT2D eigenvalue weighted by Crippen LogP contribution is 2.17. The van der Waals surface area contributed by atoms with Crippen molar-refractivity contribution in [2.45, 2.75) is 32.9 Å². The van der Waals surface area contributed by atoms with Crippen molar-refractivity contribution in [2.24, 2.45) is 0 Å². The third-order valence-corrected chi connectivity index (χ3v) is 4.42. The number of para-hydroxylation sites is 1. The quantitative estimate of drug-likeness (QED) is 0.663. The highest BCUT2D eigenvalue weighted by molar-refractivity contribution is 5.87. The first kappa shape index (κ1) is 22.2. The standard InChI is InChI=1S/C22H27FN2O4/c1-4-13-24-22(27)16(2)25(14-17-9-11-18(28-3)12-10-17)21(26)15-29-20-8-6-5-7-19(20)23/h5-12,16H,4,13-15H2,1-3H3,(H,24,27). The van der Waals surface area contributed by atoms with E-state index in [1.165, 1.54) is 17.0 Å². The molecular weight excluding hydrogens is 375 g/mol. The Kier molecular flexibility index (Phi) is 8.45. The average molecular weight is 402 g/mol. The van der Waals surface area contributed by atoms with Gasteiger partial charge < -0.3 is 19.7 Å². The van der Waals surface area contributed by atoms with Gasteiger partial charge in [0.2, 0.25) is 5.91 Å². The number of hydrogen-bond acceptors (Lipinski definition) is 4. The molecule has 2 amide bonds. The number of carbonyl (C=O) groups excluding carboxylic acids is 2. The number of hydrogen-bond donors (Lipinski definition) is 1. The first-order valence-electron chi connectivity index (χ1n) is 9.53. The summed E-state index contributed by atoms with van der Waals surface area (Å²) in [6, 6.07) is 12.4. The van der Waals surface area contributed by atoms with E-state index in [9.17, 15) is 14.0 Å². The molecule has 0 aliphatic carbocycles. The lowest BCUT2D eigenvalue weighted by Crippen LogP contribution is -2.49. The van der Waals surface area contributed by atoms with Gasteiger partial charge in [-0.15, -0.1) is 0 Å². The predicted molar refractivity (Wildman–Crippen MR) is 108 cm³/mol. The van der Waals surface area contributed by atoms with Crippen LogP contribution in [-0.2, 0) is 16.1 Å². The zero-order chi connectivity index (χ0) is 21.2. The summed E-state index contributed by atoms with van der Waals surface area (Å²) in [7, 11) is 1.57. The number of benzene rings is 2. The van der Waals surface area contributed by atoms with E-state index in [0.717, 1.165) is 12.0 Å². The van der Waals surface area contributed by atoms with Crippen LogP contribution in [0.5, 0.6) is 11.5 Å². The Labute approximate surface area is 170 Å². The van der Waals surface area contributed by atoms with Crippen molar-refractivity contribution in [3.63, 3.8) is 0 Å². The Morgan fingerprint density at radius 1 is 1.14 bits per heavy atom. The highest BCUT2D eigenvalue weighted by atomic mass is 19.1. The molecule has 0 aliphatic rings. The zero-order valence-electron chi connectivity index (χ0n) is 17.0. The van der Waals surface area contributed by atoms with Crippen molar-refractivity contribution in [1.82, 2.24) is 10.2 Å². The molecule has 6 nitrogen and oxygen atoms in total. The Bertz CT molecular complexity index is 811. The summed E-state index contributed by atoms with van der Waals surface area (Å²) in [6.45, 7) is 3.98. The van der Waals surface area contributed by atoms with Crippen molar-refractivity contribution >= 4 is 11.8 Å². The molecule has 156 valence electrons. The Hall–Kier alpha value is -3.09. The molecule has 1 atom stereocenters. The van der Waals surface area contributed by atoms with E-state index in [1.807, 2.05) is 19.1 Å². The summed E-state index contributed by atoms with van der Waals surface area (Å²) < 4.78 is 24.3. The molecule has 0 spiro atoms. The molecule has 7 heteroatoms. The number of nitrogens with one attached hydrogen (secondary N) is 1. The van der Waals surface area contributed by atoms with Crippen LogP contribution in [0.25, 0.3) is 0 Å². The first-order valence-corrected chi connectivity index (χ1v) is 9.53. The first-order chi connectivity index (χ1) is 14.0. The van der Waals surface area contributed by atoms with Gasteiger partial charge >= 0.3 is 0 Å². The Balaban J connectivity index is 2.14. The lowest BCUT2D eigenvalue weighted by Gasteiger charge is -2.28. The van der Waals surface area contributed by atoms with Crippen molar-refractivity contribution < 1.29 is 23.5 Å². The molecular formula is C22H27FN2O4. The Morgan fingerprint density at radius 2 is 1.83 bits per heavy atom. The number of amides is 2. The molecule has 0 radical (unpaired) electrons. The van der Waals surface area contributed by atoms with E-state index in [-0.39, 0.29) is 24.8 Å². The van der Waals surface area contributed by atoms with E-state index in [4.69, 9.17) is 9.47 Å². The van der Waals surface area contributed by atoms with Crippen molar-refractivity contribution in [2.75, 3.05) is 20.3 Å². The topological polar surface area (TPSA) is 67.9 Å².